The van der Waals surface area contributed by atoms with Gasteiger partial charge in [-0.05, 0) is 49.2 Å². The smallest absolute Gasteiger partial charge is 0.175 e. The van der Waals surface area contributed by atoms with Crippen molar-refractivity contribution in [1.29, 1.82) is 0 Å². The number of benzene rings is 1. The van der Waals surface area contributed by atoms with Crippen molar-refractivity contribution in [2.75, 3.05) is 12.3 Å². The van der Waals surface area contributed by atoms with Crippen molar-refractivity contribution in [3.05, 3.63) is 48.0 Å². The zero-order valence-electron chi connectivity index (χ0n) is 18.7. The van der Waals surface area contributed by atoms with Gasteiger partial charge >= 0.3 is 0 Å². The Labute approximate surface area is 196 Å². The molecule has 0 spiro atoms. The first-order chi connectivity index (χ1) is 16.0. The number of hydrogen-bond donors (Lipinski definition) is 2. The lowest BCUT2D eigenvalue weighted by Gasteiger charge is -2.13. The van der Waals surface area contributed by atoms with E-state index >= 15 is 0 Å². The lowest BCUT2D eigenvalue weighted by Crippen LogP contribution is -2.24. The van der Waals surface area contributed by atoms with Gasteiger partial charge in [0.25, 0.3) is 0 Å². The fourth-order valence-electron chi connectivity index (χ4n) is 4.12. The topological polar surface area (TPSA) is 112 Å². The Hall–Kier alpha value is -3.17. The first-order valence-electron chi connectivity index (χ1n) is 11.1. The van der Waals surface area contributed by atoms with E-state index in [0.29, 0.717) is 29.4 Å². The molecule has 8 nitrogen and oxygen atoms in total. The molecule has 3 N–H and O–H groups in total. The number of nitrogens with one attached hydrogen (secondary N) is 1. The second kappa shape index (κ2) is 8.99. The van der Waals surface area contributed by atoms with Gasteiger partial charge in [0.2, 0.25) is 0 Å². The van der Waals surface area contributed by atoms with Crippen LogP contribution in [0.1, 0.15) is 42.6 Å². The van der Waals surface area contributed by atoms with Crippen molar-refractivity contribution in [3.63, 3.8) is 0 Å². The molecule has 1 aliphatic carbocycles. The van der Waals surface area contributed by atoms with Gasteiger partial charge < -0.3 is 20.0 Å². The Bertz CT molecular complexity index is 1310. The summed E-state index contributed by atoms with van der Waals surface area (Å²) in [6, 6.07) is 8.29. The van der Waals surface area contributed by atoms with Crippen LogP contribution in [-0.4, -0.2) is 37.9 Å². The summed E-state index contributed by atoms with van der Waals surface area (Å²) in [5.74, 6) is 1.31. The number of fused-ring (bicyclic) bond motifs is 2. The Morgan fingerprint density at radius 1 is 1.24 bits per heavy atom. The number of nitrogen functional groups attached to an aromatic ring is 1. The molecular formula is C24H26N6O2S. The summed E-state index contributed by atoms with van der Waals surface area (Å²) in [5.41, 5.74) is 10.2. The van der Waals surface area contributed by atoms with Gasteiger partial charge in [-0.25, -0.2) is 15.0 Å². The summed E-state index contributed by atoms with van der Waals surface area (Å²) in [6.07, 6.45) is 5.36. The molecule has 0 saturated heterocycles. The van der Waals surface area contributed by atoms with Crippen LogP contribution in [0.4, 0.5) is 5.82 Å². The zero-order chi connectivity index (χ0) is 22.9. The van der Waals surface area contributed by atoms with Crippen molar-refractivity contribution in [2.45, 2.75) is 55.7 Å². The van der Waals surface area contributed by atoms with Gasteiger partial charge in [-0.15, -0.1) is 0 Å². The molecule has 0 radical (unpaired) electrons. The molecule has 4 aromatic rings. The normalized spacial score (nSPS) is 13.4. The minimum Gasteiger partial charge on any atom is -0.464 e. The number of anilines is 1. The van der Waals surface area contributed by atoms with Gasteiger partial charge in [0.1, 0.15) is 12.1 Å². The fraction of sp³-hybridized carbons (Fsp3) is 0.333. The number of Topliss-reactive ketones (excluding diaryl/α,β-unsaturated/α-hetero) is 1. The molecule has 0 fully saturated rings. The van der Waals surface area contributed by atoms with Crippen molar-refractivity contribution in [1.82, 2.24) is 24.8 Å². The summed E-state index contributed by atoms with van der Waals surface area (Å²) in [7, 11) is 0. The molecule has 0 aliphatic heterocycles. The van der Waals surface area contributed by atoms with Gasteiger partial charge in [-0.2, -0.15) is 0 Å². The van der Waals surface area contributed by atoms with Crippen LogP contribution in [0.2, 0.25) is 0 Å². The van der Waals surface area contributed by atoms with Crippen molar-refractivity contribution in [3.8, 4) is 11.3 Å². The molecule has 5 rings (SSSR count). The minimum absolute atomic E-state index is 0.182. The number of furan rings is 1. The lowest BCUT2D eigenvalue weighted by molar-refractivity contribution is 0.0994. The van der Waals surface area contributed by atoms with E-state index in [1.807, 2.05) is 18.2 Å². The molecule has 3 heterocycles. The largest absolute Gasteiger partial charge is 0.464 e. The van der Waals surface area contributed by atoms with E-state index < -0.39 is 0 Å². The van der Waals surface area contributed by atoms with E-state index in [2.05, 4.69) is 39.8 Å². The monoisotopic (exact) mass is 462 g/mol. The summed E-state index contributed by atoms with van der Waals surface area (Å²) in [6.45, 7) is 5.88. The third kappa shape index (κ3) is 4.26. The Morgan fingerprint density at radius 2 is 2.12 bits per heavy atom. The van der Waals surface area contributed by atoms with Crippen molar-refractivity contribution in [2.24, 2.45) is 0 Å². The van der Waals surface area contributed by atoms with E-state index in [1.54, 1.807) is 6.26 Å². The number of ketones is 1. The second-order valence-corrected chi connectivity index (χ2v) is 9.46. The summed E-state index contributed by atoms with van der Waals surface area (Å²) in [5, 5.41) is 4.21. The van der Waals surface area contributed by atoms with E-state index in [0.717, 1.165) is 58.4 Å². The zero-order valence-corrected chi connectivity index (χ0v) is 19.5. The summed E-state index contributed by atoms with van der Waals surface area (Å²) >= 11 is 1.50. The molecular weight excluding hydrogens is 436 g/mol. The third-order valence-corrected chi connectivity index (χ3v) is 6.80. The number of rotatable bonds is 8. The van der Waals surface area contributed by atoms with Crippen molar-refractivity contribution >= 4 is 34.5 Å². The van der Waals surface area contributed by atoms with Crippen LogP contribution >= 0.6 is 11.8 Å². The molecule has 1 aliphatic rings. The van der Waals surface area contributed by atoms with Crippen LogP contribution in [0.25, 0.3) is 22.5 Å². The predicted molar refractivity (Wildman–Crippen MR) is 128 cm³/mol. The van der Waals surface area contributed by atoms with E-state index in [9.17, 15) is 4.79 Å². The molecule has 0 amide bonds. The predicted octanol–water partition coefficient (Wildman–Crippen LogP) is 4.34. The number of carbonyl (C=O) groups is 1. The standard InChI is InChI=1S/C24H26N6O2S/c1-14(2)26-8-4-9-30-23-21(22(25)27-13-28-23)29-24(30)33-20-12-16-15(6-7-18(16)31)11-17(20)19-5-3-10-32-19/h3,5,10-14,26H,4,6-9H2,1-2H3,(H2,25,27,28). The van der Waals surface area contributed by atoms with Crippen molar-refractivity contribution < 1.29 is 9.21 Å². The minimum atomic E-state index is 0.182. The molecule has 0 bridgehead atoms. The number of imidazole rings is 1. The second-order valence-electron chi connectivity index (χ2n) is 8.45. The highest BCUT2D eigenvalue weighted by Gasteiger charge is 2.25. The maximum atomic E-state index is 12.5. The fourth-order valence-corrected chi connectivity index (χ4v) is 5.19. The van der Waals surface area contributed by atoms with E-state index in [-0.39, 0.29) is 5.78 Å². The third-order valence-electron chi connectivity index (χ3n) is 5.75. The van der Waals surface area contributed by atoms with Gasteiger partial charge in [0.05, 0.1) is 6.26 Å². The number of aromatic nitrogens is 4. The first kappa shape index (κ1) is 21.7. The molecule has 0 saturated carbocycles. The molecule has 33 heavy (non-hydrogen) atoms. The maximum absolute atomic E-state index is 12.5. The van der Waals surface area contributed by atoms with Gasteiger partial charge in [0, 0.05) is 35.0 Å². The molecule has 3 aromatic heterocycles. The highest BCUT2D eigenvalue weighted by molar-refractivity contribution is 7.99. The lowest BCUT2D eigenvalue weighted by atomic mass is 10.0. The number of nitrogens with two attached hydrogens (primary N) is 1. The molecule has 0 atom stereocenters. The van der Waals surface area contributed by atoms with Crippen LogP contribution in [-0.2, 0) is 13.0 Å². The van der Waals surface area contributed by atoms with Crippen LogP contribution in [0.5, 0.6) is 0 Å². The number of nitrogens with zero attached hydrogens (tertiary/aromatic N) is 4. The maximum Gasteiger partial charge on any atom is 0.175 e. The van der Waals surface area contributed by atoms with Crippen LogP contribution in [0, 0.1) is 0 Å². The van der Waals surface area contributed by atoms with Gasteiger partial charge in [-0.3, -0.25) is 4.79 Å². The molecule has 1 aromatic carbocycles. The number of hydrogen-bond acceptors (Lipinski definition) is 8. The highest BCUT2D eigenvalue weighted by atomic mass is 32.2. The summed E-state index contributed by atoms with van der Waals surface area (Å²) in [4.78, 5) is 26.7. The molecule has 0 unspecified atom stereocenters. The van der Waals surface area contributed by atoms with Crippen LogP contribution in [0.3, 0.4) is 0 Å². The quantitative estimate of drug-likeness (QED) is 0.372. The van der Waals surface area contributed by atoms with E-state index in [1.165, 1.54) is 18.1 Å². The van der Waals surface area contributed by atoms with Gasteiger partial charge in [0.15, 0.2) is 27.9 Å². The SMILES string of the molecule is CC(C)NCCCn1c(Sc2cc3c(cc2-c2ccco2)CCC3=O)nc2c(N)ncnc21. The average Bonchev–Trinajstić information content (AvgIpc) is 3.52. The molecule has 170 valence electrons. The average molecular weight is 463 g/mol. The Morgan fingerprint density at radius 3 is 2.91 bits per heavy atom. The van der Waals surface area contributed by atoms with E-state index in [4.69, 9.17) is 15.1 Å². The van der Waals surface area contributed by atoms with Gasteiger partial charge in [-0.1, -0.05) is 25.6 Å². The van der Waals surface area contributed by atoms with Crippen LogP contribution < -0.4 is 11.1 Å². The first-order valence-corrected chi connectivity index (χ1v) is 11.9. The number of aryl methyl sites for hydroxylation is 2. The summed E-state index contributed by atoms with van der Waals surface area (Å²) < 4.78 is 7.80. The highest BCUT2D eigenvalue weighted by Crippen LogP contribution is 2.40. The Balaban J connectivity index is 1.56. The van der Waals surface area contributed by atoms with Crippen LogP contribution in [0.15, 0.2) is 51.3 Å². The molecule has 9 heteroatoms. The number of carbonyl (C=O) groups excluding carboxylic acids is 1. The Kier molecular flexibility index (Phi) is 5.90.